The number of benzene rings is 2. The van der Waals surface area contributed by atoms with Crippen molar-refractivity contribution in [3.05, 3.63) is 59.7 Å². The molecule has 2 aliphatic rings. The minimum atomic E-state index is -0.0538. The Bertz CT molecular complexity index is 794. The fourth-order valence-corrected chi connectivity index (χ4v) is 3.49. The van der Waals surface area contributed by atoms with Crippen LogP contribution < -0.4 is 15.0 Å². The van der Waals surface area contributed by atoms with Crippen LogP contribution in [0.1, 0.15) is 28.8 Å². The lowest BCUT2D eigenvalue weighted by Crippen LogP contribution is -2.45. The van der Waals surface area contributed by atoms with Crippen molar-refractivity contribution in [2.24, 2.45) is 5.92 Å². The topological polar surface area (TPSA) is 44.8 Å². The molecule has 1 amide bonds. The third-order valence-electron chi connectivity index (χ3n) is 5.57. The zero-order chi connectivity index (χ0) is 19.3. The second kappa shape index (κ2) is 8.65. The van der Waals surface area contributed by atoms with Gasteiger partial charge in [-0.1, -0.05) is 18.2 Å². The molecule has 0 bridgehead atoms. The van der Waals surface area contributed by atoms with E-state index in [1.165, 1.54) is 18.5 Å². The number of nitrogens with zero attached hydrogens (tertiary/aromatic N) is 2. The van der Waals surface area contributed by atoms with Crippen molar-refractivity contribution in [1.82, 2.24) is 10.2 Å². The Hall–Kier alpha value is -2.53. The smallest absolute Gasteiger partial charge is 0.251 e. The van der Waals surface area contributed by atoms with Gasteiger partial charge in [0.1, 0.15) is 5.75 Å². The normalized spacial score (nSPS) is 17.4. The first-order chi connectivity index (χ1) is 13.7. The van der Waals surface area contributed by atoms with Gasteiger partial charge in [0.25, 0.3) is 5.91 Å². The van der Waals surface area contributed by atoms with Crippen LogP contribution in [0.3, 0.4) is 0 Å². The summed E-state index contributed by atoms with van der Waals surface area (Å²) in [6, 6.07) is 15.8. The second-order valence-corrected chi connectivity index (χ2v) is 7.88. The maximum atomic E-state index is 12.6. The molecule has 5 nitrogen and oxygen atoms in total. The summed E-state index contributed by atoms with van der Waals surface area (Å²) in [5, 5.41) is 3.07. The molecule has 148 valence electrons. The molecule has 0 aromatic heterocycles. The lowest BCUT2D eigenvalue weighted by atomic mass is 10.1. The Balaban J connectivity index is 1.34. The molecule has 1 aliphatic heterocycles. The van der Waals surface area contributed by atoms with Crippen LogP contribution in [-0.4, -0.2) is 50.6 Å². The van der Waals surface area contributed by atoms with Crippen molar-refractivity contribution in [1.29, 1.82) is 0 Å². The standard InChI is InChI=1S/C23H29N3O2/c1-25-12-14-26(15-13-25)22-5-3-2-4-20(22)16-24-23(27)19-8-10-21(11-9-19)28-17-18-6-7-18/h2-5,8-11,18H,6-7,12-17H2,1H3,(H,24,27). The first kappa shape index (κ1) is 18.8. The molecule has 0 radical (unpaired) electrons. The van der Waals surface area contributed by atoms with Gasteiger partial charge in [0.15, 0.2) is 0 Å². The van der Waals surface area contributed by atoms with Gasteiger partial charge in [-0.15, -0.1) is 0 Å². The molecule has 1 heterocycles. The van der Waals surface area contributed by atoms with Crippen LogP contribution in [0.25, 0.3) is 0 Å². The number of rotatable bonds is 7. The average Bonchev–Trinajstić information content (AvgIpc) is 3.56. The van der Waals surface area contributed by atoms with Crippen LogP contribution in [0.5, 0.6) is 5.75 Å². The SMILES string of the molecule is CN1CCN(c2ccccc2CNC(=O)c2ccc(OCC3CC3)cc2)CC1. The molecule has 0 unspecified atom stereocenters. The summed E-state index contributed by atoms with van der Waals surface area (Å²) in [5.74, 6) is 1.51. The van der Waals surface area contributed by atoms with Gasteiger partial charge >= 0.3 is 0 Å². The molecule has 1 aliphatic carbocycles. The Labute approximate surface area is 167 Å². The van der Waals surface area contributed by atoms with E-state index in [9.17, 15) is 4.79 Å². The van der Waals surface area contributed by atoms with Crippen LogP contribution in [0.15, 0.2) is 48.5 Å². The molecule has 5 heteroatoms. The van der Waals surface area contributed by atoms with E-state index in [0.29, 0.717) is 12.1 Å². The van der Waals surface area contributed by atoms with Gasteiger partial charge in [0, 0.05) is 44.0 Å². The Kier molecular flexibility index (Phi) is 5.81. The number of carbonyl (C=O) groups is 1. The first-order valence-corrected chi connectivity index (χ1v) is 10.2. The van der Waals surface area contributed by atoms with Crippen molar-refractivity contribution < 1.29 is 9.53 Å². The van der Waals surface area contributed by atoms with Crippen molar-refractivity contribution in [3.63, 3.8) is 0 Å². The lowest BCUT2D eigenvalue weighted by Gasteiger charge is -2.35. The summed E-state index contributed by atoms with van der Waals surface area (Å²) in [6.07, 6.45) is 2.55. The number of nitrogens with one attached hydrogen (secondary N) is 1. The molecule has 1 N–H and O–H groups in total. The Morgan fingerprint density at radius 1 is 1.04 bits per heavy atom. The largest absolute Gasteiger partial charge is 0.493 e. The molecule has 0 atom stereocenters. The second-order valence-electron chi connectivity index (χ2n) is 7.88. The highest BCUT2D eigenvalue weighted by Gasteiger charge is 2.22. The van der Waals surface area contributed by atoms with E-state index in [0.717, 1.165) is 50.0 Å². The van der Waals surface area contributed by atoms with E-state index in [1.807, 2.05) is 30.3 Å². The fourth-order valence-electron chi connectivity index (χ4n) is 3.49. The van der Waals surface area contributed by atoms with E-state index < -0.39 is 0 Å². The highest BCUT2D eigenvalue weighted by atomic mass is 16.5. The number of piperazine rings is 1. The molecule has 2 fully saturated rings. The maximum absolute atomic E-state index is 12.6. The van der Waals surface area contributed by atoms with Gasteiger partial charge in [-0.3, -0.25) is 4.79 Å². The third kappa shape index (κ3) is 4.84. The Morgan fingerprint density at radius 2 is 1.75 bits per heavy atom. The number of ether oxygens (including phenoxy) is 1. The summed E-state index contributed by atoms with van der Waals surface area (Å²) in [5.41, 5.74) is 3.04. The maximum Gasteiger partial charge on any atom is 0.251 e. The van der Waals surface area contributed by atoms with Crippen molar-refractivity contribution >= 4 is 11.6 Å². The van der Waals surface area contributed by atoms with Crippen LogP contribution in [0.2, 0.25) is 0 Å². The number of para-hydroxylation sites is 1. The zero-order valence-corrected chi connectivity index (χ0v) is 16.6. The molecular weight excluding hydrogens is 350 g/mol. The lowest BCUT2D eigenvalue weighted by molar-refractivity contribution is 0.0951. The molecule has 1 saturated heterocycles. The average molecular weight is 380 g/mol. The number of hydrogen-bond acceptors (Lipinski definition) is 4. The fraction of sp³-hybridized carbons (Fsp3) is 0.435. The third-order valence-corrected chi connectivity index (χ3v) is 5.57. The molecule has 0 spiro atoms. The van der Waals surface area contributed by atoms with Crippen molar-refractivity contribution in [2.75, 3.05) is 44.7 Å². The van der Waals surface area contributed by atoms with E-state index in [2.05, 4.69) is 40.4 Å². The summed E-state index contributed by atoms with van der Waals surface area (Å²) in [7, 11) is 2.16. The van der Waals surface area contributed by atoms with E-state index >= 15 is 0 Å². The monoisotopic (exact) mass is 379 g/mol. The van der Waals surface area contributed by atoms with Crippen molar-refractivity contribution in [3.8, 4) is 5.75 Å². The van der Waals surface area contributed by atoms with E-state index in [4.69, 9.17) is 4.74 Å². The van der Waals surface area contributed by atoms with Crippen LogP contribution in [0, 0.1) is 5.92 Å². The van der Waals surface area contributed by atoms with Gasteiger partial charge in [0.05, 0.1) is 6.61 Å². The van der Waals surface area contributed by atoms with Gasteiger partial charge in [-0.2, -0.15) is 0 Å². The number of anilines is 1. The number of likely N-dealkylation sites (N-methyl/N-ethyl adjacent to an activating group) is 1. The molecule has 2 aromatic rings. The predicted molar refractivity (Wildman–Crippen MR) is 112 cm³/mol. The van der Waals surface area contributed by atoms with E-state index in [1.54, 1.807) is 0 Å². The zero-order valence-electron chi connectivity index (χ0n) is 16.6. The summed E-state index contributed by atoms with van der Waals surface area (Å²) >= 11 is 0. The van der Waals surface area contributed by atoms with E-state index in [-0.39, 0.29) is 5.91 Å². The number of amides is 1. The minimum Gasteiger partial charge on any atom is -0.493 e. The predicted octanol–water partition coefficient (Wildman–Crippen LogP) is 3.16. The van der Waals surface area contributed by atoms with Gasteiger partial charge in [0.2, 0.25) is 0 Å². The van der Waals surface area contributed by atoms with Gasteiger partial charge < -0.3 is 19.9 Å². The molecule has 4 rings (SSSR count). The van der Waals surface area contributed by atoms with Crippen LogP contribution in [-0.2, 0) is 6.54 Å². The highest BCUT2D eigenvalue weighted by Crippen LogP contribution is 2.29. The summed E-state index contributed by atoms with van der Waals surface area (Å²) in [4.78, 5) is 17.3. The quantitative estimate of drug-likeness (QED) is 0.803. The number of carbonyl (C=O) groups excluding carboxylic acids is 1. The summed E-state index contributed by atoms with van der Waals surface area (Å²) in [6.45, 7) is 5.48. The Morgan fingerprint density at radius 3 is 2.46 bits per heavy atom. The van der Waals surface area contributed by atoms with Crippen LogP contribution in [0.4, 0.5) is 5.69 Å². The molecular formula is C23H29N3O2. The first-order valence-electron chi connectivity index (χ1n) is 10.2. The number of hydrogen-bond donors (Lipinski definition) is 1. The van der Waals surface area contributed by atoms with Crippen LogP contribution >= 0.6 is 0 Å². The molecule has 28 heavy (non-hydrogen) atoms. The van der Waals surface area contributed by atoms with Gasteiger partial charge in [-0.25, -0.2) is 0 Å². The van der Waals surface area contributed by atoms with Crippen molar-refractivity contribution in [2.45, 2.75) is 19.4 Å². The minimum absolute atomic E-state index is 0.0538. The summed E-state index contributed by atoms with van der Waals surface area (Å²) < 4.78 is 5.74. The molecule has 2 aromatic carbocycles. The van der Waals surface area contributed by atoms with Gasteiger partial charge in [-0.05, 0) is 61.7 Å². The highest BCUT2D eigenvalue weighted by molar-refractivity contribution is 5.94. The molecule has 1 saturated carbocycles.